The third-order valence-electron chi connectivity index (χ3n) is 5.58. The average molecular weight is 497 g/mol. The number of amides is 2. The number of likely N-dealkylation sites (N-methyl/N-ethyl adjacent to an activating group) is 1. The number of thiazole rings is 1. The number of ether oxygens (including phenoxy) is 1. The number of anilines is 1. The zero-order valence-corrected chi connectivity index (χ0v) is 20.7. The molecule has 1 aliphatic heterocycles. The molecule has 0 spiro atoms. The van der Waals surface area contributed by atoms with Crippen molar-refractivity contribution < 1.29 is 23.5 Å². The monoisotopic (exact) mass is 496 g/mol. The highest BCUT2D eigenvalue weighted by molar-refractivity contribution is 7.14. The van der Waals surface area contributed by atoms with Gasteiger partial charge in [-0.3, -0.25) is 24.6 Å². The Morgan fingerprint density at radius 3 is 2.82 bits per heavy atom. The lowest BCUT2D eigenvalue weighted by molar-refractivity contribution is -0.140. The Morgan fingerprint density at radius 2 is 2.12 bits per heavy atom. The Bertz CT molecular complexity index is 993. The van der Waals surface area contributed by atoms with E-state index in [1.165, 1.54) is 18.4 Å². The molecular formula is C22H29FN4O4S2. The lowest BCUT2D eigenvalue weighted by Gasteiger charge is -2.26. The van der Waals surface area contributed by atoms with Gasteiger partial charge in [-0.15, -0.1) is 11.3 Å². The van der Waals surface area contributed by atoms with Gasteiger partial charge in [0.25, 0.3) is 5.91 Å². The highest BCUT2D eigenvalue weighted by atomic mass is 32.1. The maximum absolute atomic E-state index is 13.2. The Kier molecular flexibility index (Phi) is 8.93. The highest BCUT2D eigenvalue weighted by Gasteiger charge is 2.32. The average Bonchev–Trinajstić information content (AvgIpc) is 3.50. The smallest absolute Gasteiger partial charge is 0.305 e. The van der Waals surface area contributed by atoms with Crippen LogP contribution in [0.1, 0.15) is 58.3 Å². The van der Waals surface area contributed by atoms with E-state index in [0.717, 1.165) is 59.5 Å². The van der Waals surface area contributed by atoms with Gasteiger partial charge in [0.05, 0.1) is 31.5 Å². The molecule has 0 saturated carbocycles. The van der Waals surface area contributed by atoms with Crippen molar-refractivity contribution in [1.82, 2.24) is 14.8 Å². The molecule has 0 aliphatic carbocycles. The van der Waals surface area contributed by atoms with Gasteiger partial charge in [-0.05, 0) is 52.3 Å². The molecule has 180 valence electrons. The van der Waals surface area contributed by atoms with Crippen LogP contribution < -0.4 is 5.32 Å². The van der Waals surface area contributed by atoms with Crippen molar-refractivity contribution in [3.05, 3.63) is 32.7 Å². The van der Waals surface area contributed by atoms with Gasteiger partial charge in [-0.25, -0.2) is 4.98 Å². The van der Waals surface area contributed by atoms with Crippen molar-refractivity contribution in [2.24, 2.45) is 0 Å². The number of aromatic nitrogens is 1. The van der Waals surface area contributed by atoms with Crippen LogP contribution in [0.5, 0.6) is 0 Å². The molecule has 3 heterocycles. The van der Waals surface area contributed by atoms with Gasteiger partial charge in [-0.1, -0.05) is 11.3 Å². The molecule has 0 bridgehead atoms. The number of nitrogens with one attached hydrogen (secondary N) is 1. The van der Waals surface area contributed by atoms with E-state index < -0.39 is 5.13 Å². The summed E-state index contributed by atoms with van der Waals surface area (Å²) in [7, 11) is 3.28. The van der Waals surface area contributed by atoms with Gasteiger partial charge in [0, 0.05) is 22.7 Å². The summed E-state index contributed by atoms with van der Waals surface area (Å²) in [6.45, 7) is 3.59. The maximum atomic E-state index is 13.2. The molecule has 1 N–H and O–H groups in total. The molecule has 3 rings (SSSR count). The summed E-state index contributed by atoms with van der Waals surface area (Å²) in [5, 5.41) is 2.40. The number of nitrogens with zero attached hydrogens (tertiary/aromatic N) is 3. The fraction of sp³-hybridized carbons (Fsp3) is 0.545. The molecule has 2 amide bonds. The van der Waals surface area contributed by atoms with Crippen LogP contribution >= 0.6 is 22.7 Å². The van der Waals surface area contributed by atoms with E-state index in [2.05, 4.69) is 15.0 Å². The van der Waals surface area contributed by atoms with Crippen molar-refractivity contribution in [3.8, 4) is 0 Å². The molecular weight excluding hydrogens is 467 g/mol. The van der Waals surface area contributed by atoms with Gasteiger partial charge in [-0.2, -0.15) is 4.39 Å². The van der Waals surface area contributed by atoms with E-state index in [1.807, 2.05) is 29.8 Å². The SMILES string of the molecule is COC(=O)CCCCN(C)CC(=O)N1CCCC1c1cc(C(=O)Nc2ncc(F)s2)c(C)s1. The van der Waals surface area contributed by atoms with Crippen molar-refractivity contribution >= 4 is 45.6 Å². The second kappa shape index (κ2) is 11.7. The topological polar surface area (TPSA) is 91.8 Å². The number of carbonyl (C=O) groups is 3. The van der Waals surface area contributed by atoms with E-state index >= 15 is 0 Å². The number of halogens is 1. The van der Waals surface area contributed by atoms with Gasteiger partial charge >= 0.3 is 5.97 Å². The van der Waals surface area contributed by atoms with Crippen molar-refractivity contribution in [2.75, 3.05) is 39.1 Å². The molecule has 1 aliphatic rings. The number of rotatable bonds is 10. The molecule has 2 aromatic rings. The second-order valence-corrected chi connectivity index (χ2v) is 10.3. The van der Waals surface area contributed by atoms with Crippen molar-refractivity contribution in [3.63, 3.8) is 0 Å². The summed E-state index contributed by atoms with van der Waals surface area (Å²) < 4.78 is 17.8. The minimum Gasteiger partial charge on any atom is -0.469 e. The van der Waals surface area contributed by atoms with Gasteiger partial charge in [0.15, 0.2) is 10.3 Å². The Balaban J connectivity index is 1.57. The van der Waals surface area contributed by atoms with Gasteiger partial charge < -0.3 is 9.64 Å². The lowest BCUT2D eigenvalue weighted by Crippen LogP contribution is -2.38. The first-order valence-electron chi connectivity index (χ1n) is 10.9. The summed E-state index contributed by atoms with van der Waals surface area (Å²) in [6.07, 6.45) is 4.77. The first-order valence-corrected chi connectivity index (χ1v) is 12.5. The number of unbranched alkanes of at least 4 members (excludes halogenated alkanes) is 1. The van der Waals surface area contributed by atoms with Gasteiger partial charge in [0.1, 0.15) is 0 Å². The number of carbonyl (C=O) groups excluding carboxylic acids is 3. The predicted molar refractivity (Wildman–Crippen MR) is 126 cm³/mol. The Labute approximate surface area is 200 Å². The summed E-state index contributed by atoms with van der Waals surface area (Å²) in [4.78, 5) is 46.4. The van der Waals surface area contributed by atoms with Crippen LogP contribution in [0, 0.1) is 12.1 Å². The zero-order valence-electron chi connectivity index (χ0n) is 19.1. The van der Waals surface area contributed by atoms with Crippen LogP contribution in [0.2, 0.25) is 0 Å². The largest absolute Gasteiger partial charge is 0.469 e. The number of aryl methyl sites for hydroxylation is 1. The van der Waals surface area contributed by atoms with Gasteiger partial charge in [0.2, 0.25) is 5.91 Å². The van der Waals surface area contributed by atoms with Crippen LogP contribution in [0.15, 0.2) is 12.3 Å². The van der Waals surface area contributed by atoms with E-state index in [4.69, 9.17) is 0 Å². The zero-order chi connectivity index (χ0) is 24.0. The fourth-order valence-electron chi connectivity index (χ4n) is 3.89. The van der Waals surface area contributed by atoms with Crippen LogP contribution in [-0.2, 0) is 14.3 Å². The third kappa shape index (κ3) is 6.81. The Hall–Kier alpha value is -2.37. The van der Waals surface area contributed by atoms with Crippen LogP contribution in [0.25, 0.3) is 0 Å². The normalized spacial score (nSPS) is 15.8. The quantitative estimate of drug-likeness (QED) is 0.397. The van der Waals surface area contributed by atoms with Crippen LogP contribution in [0.3, 0.4) is 0 Å². The first kappa shape index (κ1) is 25.3. The minimum absolute atomic E-state index is 0.0484. The maximum Gasteiger partial charge on any atom is 0.305 e. The summed E-state index contributed by atoms with van der Waals surface area (Å²) in [5.74, 6) is -0.484. The highest BCUT2D eigenvalue weighted by Crippen LogP contribution is 2.37. The lowest BCUT2D eigenvalue weighted by atomic mass is 10.1. The van der Waals surface area contributed by atoms with E-state index in [0.29, 0.717) is 25.1 Å². The third-order valence-corrected chi connectivity index (χ3v) is 7.44. The summed E-state index contributed by atoms with van der Waals surface area (Å²) in [6, 6.07) is 1.79. The molecule has 0 aromatic carbocycles. The van der Waals surface area contributed by atoms with E-state index in [1.54, 1.807) is 0 Å². The molecule has 1 fully saturated rings. The number of hydrogen-bond acceptors (Lipinski definition) is 8. The summed E-state index contributed by atoms with van der Waals surface area (Å²) in [5.41, 5.74) is 0.521. The molecule has 1 atom stereocenters. The first-order chi connectivity index (χ1) is 15.8. The Morgan fingerprint density at radius 1 is 1.33 bits per heavy atom. The van der Waals surface area contributed by atoms with Crippen molar-refractivity contribution in [2.45, 2.75) is 45.1 Å². The van der Waals surface area contributed by atoms with E-state index in [-0.39, 0.29) is 29.0 Å². The molecule has 0 radical (unpaired) electrons. The number of thiophene rings is 1. The molecule has 11 heteroatoms. The number of esters is 1. The fourth-order valence-corrected chi connectivity index (χ4v) is 5.60. The second-order valence-electron chi connectivity index (χ2n) is 8.06. The summed E-state index contributed by atoms with van der Waals surface area (Å²) >= 11 is 2.30. The van der Waals surface area contributed by atoms with E-state index in [9.17, 15) is 18.8 Å². The predicted octanol–water partition coefficient (Wildman–Crippen LogP) is 3.84. The number of hydrogen-bond donors (Lipinski definition) is 1. The molecule has 1 saturated heterocycles. The molecule has 33 heavy (non-hydrogen) atoms. The number of likely N-dealkylation sites (tertiary alicyclic amines) is 1. The molecule has 2 aromatic heterocycles. The molecule has 8 nitrogen and oxygen atoms in total. The van der Waals surface area contributed by atoms with Crippen LogP contribution in [-0.4, -0.2) is 66.4 Å². The molecule has 1 unspecified atom stereocenters. The van der Waals surface area contributed by atoms with Crippen LogP contribution in [0.4, 0.5) is 9.52 Å². The standard InChI is InChI=1S/C22H29FN4O4S2/c1-14-15(21(30)25-22-24-12-18(23)33-22)11-17(32-14)16-7-6-10-27(16)19(28)13-26(2)9-5-4-8-20(29)31-3/h11-12,16H,4-10,13H2,1-3H3,(H,24,25,30). The minimum atomic E-state index is -0.457. The number of methoxy groups -OCH3 is 1. The van der Waals surface area contributed by atoms with Crippen molar-refractivity contribution in [1.29, 1.82) is 0 Å².